The Bertz CT molecular complexity index is 502. The maximum atomic E-state index is 10.7. The normalized spacial score (nSPS) is 10.4. The zero-order valence-corrected chi connectivity index (χ0v) is 11.3. The largest absolute Gasteiger partial charge is 0.298 e. The molecule has 17 heavy (non-hydrogen) atoms. The first-order valence-corrected chi connectivity index (χ1v) is 7.37. The summed E-state index contributed by atoms with van der Waals surface area (Å²) in [5.74, 6) is 0.979. The fourth-order valence-corrected chi connectivity index (χ4v) is 3.49. The summed E-state index contributed by atoms with van der Waals surface area (Å²) in [6, 6.07) is 12.1. The SMILES string of the molecule is CCc1ccc(CSc2cccc(C=O)c2)s1. The molecule has 1 heterocycles. The third-order valence-corrected chi connectivity index (χ3v) is 4.90. The molecule has 0 saturated heterocycles. The van der Waals surface area contributed by atoms with Crippen molar-refractivity contribution in [2.75, 3.05) is 0 Å². The smallest absolute Gasteiger partial charge is 0.150 e. The van der Waals surface area contributed by atoms with Gasteiger partial charge in [0.2, 0.25) is 0 Å². The van der Waals surface area contributed by atoms with Crippen molar-refractivity contribution in [3.63, 3.8) is 0 Å². The van der Waals surface area contributed by atoms with Crippen LogP contribution < -0.4 is 0 Å². The van der Waals surface area contributed by atoms with Gasteiger partial charge in [-0.2, -0.15) is 0 Å². The van der Waals surface area contributed by atoms with E-state index in [9.17, 15) is 4.79 Å². The quantitative estimate of drug-likeness (QED) is 0.586. The molecule has 1 aromatic carbocycles. The molecule has 1 nitrogen and oxygen atoms in total. The van der Waals surface area contributed by atoms with Crippen LogP contribution >= 0.6 is 23.1 Å². The summed E-state index contributed by atoms with van der Waals surface area (Å²) >= 11 is 3.65. The van der Waals surface area contributed by atoms with Crippen LogP contribution in [-0.4, -0.2) is 6.29 Å². The minimum Gasteiger partial charge on any atom is -0.298 e. The second-order valence-corrected chi connectivity index (χ2v) is 6.00. The maximum Gasteiger partial charge on any atom is 0.150 e. The van der Waals surface area contributed by atoms with Gasteiger partial charge in [-0.15, -0.1) is 23.1 Å². The van der Waals surface area contributed by atoms with E-state index in [1.807, 2.05) is 35.6 Å². The fourth-order valence-electron chi connectivity index (χ4n) is 1.52. The van der Waals surface area contributed by atoms with Crippen molar-refractivity contribution in [3.05, 3.63) is 51.7 Å². The number of thiophene rings is 1. The van der Waals surface area contributed by atoms with Crippen LogP contribution in [-0.2, 0) is 12.2 Å². The van der Waals surface area contributed by atoms with Crippen LogP contribution in [0.25, 0.3) is 0 Å². The zero-order chi connectivity index (χ0) is 12.1. The average molecular weight is 262 g/mol. The van der Waals surface area contributed by atoms with Crippen molar-refractivity contribution in [1.29, 1.82) is 0 Å². The third-order valence-electron chi connectivity index (χ3n) is 2.44. The average Bonchev–Trinajstić information content (AvgIpc) is 2.84. The summed E-state index contributed by atoms with van der Waals surface area (Å²) in [6.45, 7) is 2.18. The minimum atomic E-state index is 0.746. The number of carbonyl (C=O) groups is 1. The molecular weight excluding hydrogens is 248 g/mol. The van der Waals surface area contributed by atoms with E-state index in [4.69, 9.17) is 0 Å². The number of aryl methyl sites for hydroxylation is 1. The number of benzene rings is 1. The molecule has 2 rings (SSSR count). The van der Waals surface area contributed by atoms with Crippen molar-refractivity contribution in [1.82, 2.24) is 0 Å². The first kappa shape index (κ1) is 12.4. The molecule has 2 aromatic rings. The summed E-state index contributed by atoms with van der Waals surface area (Å²) in [7, 11) is 0. The third kappa shape index (κ3) is 3.45. The molecule has 0 aliphatic carbocycles. The Morgan fingerprint density at radius 2 is 2.06 bits per heavy atom. The molecule has 0 fully saturated rings. The Kier molecular flexibility index (Phi) is 4.40. The number of thioether (sulfide) groups is 1. The molecule has 0 amide bonds. The lowest BCUT2D eigenvalue weighted by molar-refractivity contribution is 0.112. The van der Waals surface area contributed by atoms with Gasteiger partial charge >= 0.3 is 0 Å². The van der Waals surface area contributed by atoms with Gasteiger partial charge in [-0.1, -0.05) is 19.1 Å². The molecule has 0 bridgehead atoms. The number of hydrogen-bond donors (Lipinski definition) is 0. The van der Waals surface area contributed by atoms with Crippen molar-refractivity contribution < 1.29 is 4.79 Å². The van der Waals surface area contributed by atoms with E-state index < -0.39 is 0 Å². The summed E-state index contributed by atoms with van der Waals surface area (Å²) in [5, 5.41) is 0. The van der Waals surface area contributed by atoms with Crippen LogP contribution in [0.5, 0.6) is 0 Å². The van der Waals surface area contributed by atoms with Gasteiger partial charge in [-0.25, -0.2) is 0 Å². The first-order valence-electron chi connectivity index (χ1n) is 5.57. The van der Waals surface area contributed by atoms with Gasteiger partial charge in [0.15, 0.2) is 0 Å². The predicted molar refractivity (Wildman–Crippen MR) is 75.1 cm³/mol. The highest BCUT2D eigenvalue weighted by molar-refractivity contribution is 7.98. The van der Waals surface area contributed by atoms with Crippen molar-refractivity contribution >= 4 is 29.4 Å². The molecule has 0 unspecified atom stereocenters. The highest BCUT2D eigenvalue weighted by atomic mass is 32.2. The number of hydrogen-bond acceptors (Lipinski definition) is 3. The lowest BCUT2D eigenvalue weighted by Crippen LogP contribution is -1.80. The molecule has 0 aliphatic heterocycles. The Labute approximate surface area is 110 Å². The fraction of sp³-hybridized carbons (Fsp3) is 0.214. The van der Waals surface area contributed by atoms with E-state index in [0.29, 0.717) is 0 Å². The molecule has 1 aromatic heterocycles. The summed E-state index contributed by atoms with van der Waals surface area (Å²) < 4.78 is 0. The first-order chi connectivity index (χ1) is 8.31. The summed E-state index contributed by atoms with van der Waals surface area (Å²) in [5.41, 5.74) is 0.746. The van der Waals surface area contributed by atoms with Crippen LogP contribution in [0.3, 0.4) is 0 Å². The number of aldehydes is 1. The Hall–Kier alpha value is -1.06. The Morgan fingerprint density at radius 1 is 1.24 bits per heavy atom. The van der Waals surface area contributed by atoms with E-state index >= 15 is 0 Å². The topological polar surface area (TPSA) is 17.1 Å². The lowest BCUT2D eigenvalue weighted by Gasteiger charge is -2.00. The summed E-state index contributed by atoms with van der Waals surface area (Å²) in [4.78, 5) is 14.6. The van der Waals surface area contributed by atoms with Crippen molar-refractivity contribution in [3.8, 4) is 0 Å². The second kappa shape index (κ2) is 6.03. The molecule has 88 valence electrons. The van der Waals surface area contributed by atoms with Crippen LogP contribution in [0.1, 0.15) is 27.0 Å². The van der Waals surface area contributed by atoms with Crippen LogP contribution in [0.2, 0.25) is 0 Å². The Morgan fingerprint density at radius 3 is 2.76 bits per heavy atom. The molecule has 0 aliphatic rings. The van der Waals surface area contributed by atoms with Gasteiger partial charge in [0.1, 0.15) is 6.29 Å². The molecule has 0 atom stereocenters. The van der Waals surface area contributed by atoms with E-state index in [1.54, 1.807) is 11.8 Å². The van der Waals surface area contributed by atoms with E-state index in [0.717, 1.165) is 28.9 Å². The van der Waals surface area contributed by atoms with Crippen molar-refractivity contribution in [2.24, 2.45) is 0 Å². The standard InChI is InChI=1S/C14H14OS2/c1-2-12-6-7-14(17-12)10-16-13-5-3-4-11(8-13)9-15/h3-9H,2,10H2,1H3. The van der Waals surface area contributed by atoms with Crippen molar-refractivity contribution in [2.45, 2.75) is 24.0 Å². The molecule has 0 N–H and O–H groups in total. The van der Waals surface area contributed by atoms with Gasteiger partial charge in [-0.3, -0.25) is 4.79 Å². The van der Waals surface area contributed by atoms with Gasteiger partial charge < -0.3 is 0 Å². The lowest BCUT2D eigenvalue weighted by atomic mass is 10.2. The Balaban J connectivity index is 1.99. The van der Waals surface area contributed by atoms with Gasteiger partial charge in [0.05, 0.1) is 0 Å². The highest BCUT2D eigenvalue weighted by Crippen LogP contribution is 2.27. The van der Waals surface area contributed by atoms with E-state index in [2.05, 4.69) is 19.1 Å². The molecular formula is C14H14OS2. The molecule has 0 radical (unpaired) electrons. The van der Waals surface area contributed by atoms with Crippen LogP contribution in [0, 0.1) is 0 Å². The monoisotopic (exact) mass is 262 g/mol. The van der Waals surface area contributed by atoms with E-state index in [1.165, 1.54) is 9.75 Å². The number of rotatable bonds is 5. The zero-order valence-electron chi connectivity index (χ0n) is 9.68. The molecule has 3 heteroatoms. The van der Waals surface area contributed by atoms with Crippen LogP contribution in [0.15, 0.2) is 41.3 Å². The van der Waals surface area contributed by atoms with Gasteiger partial charge in [0.25, 0.3) is 0 Å². The molecule has 0 spiro atoms. The minimum absolute atomic E-state index is 0.746. The summed E-state index contributed by atoms with van der Waals surface area (Å²) in [6.07, 6.45) is 2.00. The van der Waals surface area contributed by atoms with E-state index in [-0.39, 0.29) is 0 Å². The van der Waals surface area contributed by atoms with Gasteiger partial charge in [0, 0.05) is 26.0 Å². The predicted octanol–water partition coefficient (Wildman–Crippen LogP) is 4.42. The maximum absolute atomic E-state index is 10.7. The second-order valence-electron chi connectivity index (χ2n) is 3.70. The van der Waals surface area contributed by atoms with Crippen LogP contribution in [0.4, 0.5) is 0 Å². The van der Waals surface area contributed by atoms with Gasteiger partial charge in [-0.05, 0) is 30.7 Å². The number of carbonyl (C=O) groups excluding carboxylic acids is 1. The highest BCUT2D eigenvalue weighted by Gasteiger charge is 2.01. The molecule has 0 saturated carbocycles.